The molecule has 1 aliphatic heterocycles. The molecule has 1 aliphatic rings. The normalized spacial score (nSPS) is 14.6. The monoisotopic (exact) mass is 452 g/mol. The molecule has 7 heteroatoms. The van der Waals surface area contributed by atoms with Crippen molar-refractivity contribution in [2.75, 3.05) is 20.8 Å². The zero-order chi connectivity index (χ0) is 23.5. The number of methoxy groups -OCH3 is 2. The number of amides is 1. The van der Waals surface area contributed by atoms with Gasteiger partial charge in [-0.1, -0.05) is 24.3 Å². The number of amidine groups is 1. The van der Waals surface area contributed by atoms with Gasteiger partial charge in [-0.15, -0.1) is 0 Å². The summed E-state index contributed by atoms with van der Waals surface area (Å²) in [5.74, 6) is 2.81. The Morgan fingerprint density at radius 1 is 0.912 bits per heavy atom. The van der Waals surface area contributed by atoms with Crippen molar-refractivity contribution in [1.29, 1.82) is 0 Å². The molecule has 0 radical (unpaired) electrons. The molecule has 0 atom stereocenters. The number of H-pyrrole nitrogens is 1. The molecule has 0 unspecified atom stereocenters. The van der Waals surface area contributed by atoms with Crippen molar-refractivity contribution >= 4 is 28.9 Å². The first-order valence-electron chi connectivity index (χ1n) is 11.0. The van der Waals surface area contributed by atoms with Crippen molar-refractivity contribution < 1.29 is 14.3 Å². The van der Waals surface area contributed by atoms with E-state index in [4.69, 9.17) is 14.5 Å². The van der Waals surface area contributed by atoms with Crippen LogP contribution in [0.1, 0.15) is 17.0 Å². The molecule has 34 heavy (non-hydrogen) atoms. The third-order valence-corrected chi connectivity index (χ3v) is 5.72. The SMILES string of the molecule is COc1ccc(C=C2N=C(c3ccc(OC)cc3)N(CCc3nc4ccccc4[nH]3)C2=O)cc1. The van der Waals surface area contributed by atoms with Crippen molar-refractivity contribution in [3.05, 3.63) is 95.4 Å². The lowest BCUT2D eigenvalue weighted by molar-refractivity contribution is -0.122. The fourth-order valence-electron chi connectivity index (χ4n) is 3.92. The van der Waals surface area contributed by atoms with E-state index in [2.05, 4.69) is 9.97 Å². The van der Waals surface area contributed by atoms with Gasteiger partial charge in [0.05, 0.1) is 25.3 Å². The highest BCUT2D eigenvalue weighted by Gasteiger charge is 2.31. The largest absolute Gasteiger partial charge is 0.497 e. The van der Waals surface area contributed by atoms with Crippen molar-refractivity contribution in [2.24, 2.45) is 4.99 Å². The van der Waals surface area contributed by atoms with Gasteiger partial charge in [-0.25, -0.2) is 9.98 Å². The maximum atomic E-state index is 13.4. The molecule has 4 aromatic rings. The highest BCUT2D eigenvalue weighted by Crippen LogP contribution is 2.24. The number of carbonyl (C=O) groups is 1. The number of para-hydroxylation sites is 2. The molecule has 7 nitrogen and oxygen atoms in total. The Bertz CT molecular complexity index is 1350. The number of nitrogens with one attached hydrogen (secondary N) is 1. The molecule has 2 heterocycles. The van der Waals surface area contributed by atoms with E-state index in [0.29, 0.717) is 24.5 Å². The van der Waals surface area contributed by atoms with Gasteiger partial charge in [0.1, 0.15) is 28.9 Å². The number of hydrogen-bond acceptors (Lipinski definition) is 5. The number of imidazole rings is 1. The van der Waals surface area contributed by atoms with Crippen LogP contribution >= 0.6 is 0 Å². The summed E-state index contributed by atoms with van der Waals surface area (Å²) in [5.41, 5.74) is 4.00. The molecular formula is C27H24N4O3. The van der Waals surface area contributed by atoms with E-state index < -0.39 is 0 Å². The summed E-state index contributed by atoms with van der Waals surface area (Å²) < 4.78 is 10.5. The molecule has 0 saturated heterocycles. The molecule has 3 aromatic carbocycles. The minimum absolute atomic E-state index is 0.141. The molecule has 0 fully saturated rings. The fraction of sp³-hybridized carbons (Fsp3) is 0.148. The van der Waals surface area contributed by atoms with E-state index in [1.165, 1.54) is 0 Å². The topological polar surface area (TPSA) is 79.8 Å². The zero-order valence-corrected chi connectivity index (χ0v) is 19.0. The quantitative estimate of drug-likeness (QED) is 0.420. The highest BCUT2D eigenvalue weighted by molar-refractivity contribution is 6.19. The third kappa shape index (κ3) is 4.28. The van der Waals surface area contributed by atoms with E-state index in [1.807, 2.05) is 72.8 Å². The first-order chi connectivity index (χ1) is 16.6. The van der Waals surface area contributed by atoms with Crippen LogP contribution in [0.3, 0.4) is 0 Å². The molecule has 5 rings (SSSR count). The maximum Gasteiger partial charge on any atom is 0.278 e. The van der Waals surface area contributed by atoms with E-state index in [9.17, 15) is 4.79 Å². The lowest BCUT2D eigenvalue weighted by atomic mass is 10.1. The van der Waals surface area contributed by atoms with Crippen molar-refractivity contribution in [3.63, 3.8) is 0 Å². The maximum absolute atomic E-state index is 13.4. The minimum Gasteiger partial charge on any atom is -0.497 e. The number of carbonyl (C=O) groups excluding carboxylic acids is 1. The van der Waals surface area contributed by atoms with Crippen LogP contribution in [0, 0.1) is 0 Å². The smallest absolute Gasteiger partial charge is 0.278 e. The van der Waals surface area contributed by atoms with Gasteiger partial charge in [-0.05, 0) is 60.2 Å². The Morgan fingerprint density at radius 2 is 1.59 bits per heavy atom. The summed E-state index contributed by atoms with van der Waals surface area (Å²) >= 11 is 0. The Hall–Kier alpha value is -4.39. The van der Waals surface area contributed by atoms with Gasteiger partial charge in [-0.3, -0.25) is 9.69 Å². The van der Waals surface area contributed by atoms with Crippen LogP contribution in [-0.4, -0.2) is 47.4 Å². The van der Waals surface area contributed by atoms with E-state index in [-0.39, 0.29) is 5.91 Å². The Morgan fingerprint density at radius 3 is 2.26 bits per heavy atom. The number of aromatic amines is 1. The molecule has 170 valence electrons. The summed E-state index contributed by atoms with van der Waals surface area (Å²) in [6.07, 6.45) is 2.37. The first-order valence-corrected chi connectivity index (χ1v) is 11.0. The standard InChI is InChI=1S/C27H24N4O3/c1-33-20-11-7-18(8-12-20)17-24-27(32)31(26(30-24)19-9-13-21(34-2)14-10-19)16-15-25-28-22-5-3-4-6-23(22)29-25/h3-14,17H,15-16H2,1-2H3,(H,28,29). The van der Waals surface area contributed by atoms with E-state index in [0.717, 1.165) is 39.5 Å². The number of hydrogen-bond donors (Lipinski definition) is 1. The zero-order valence-electron chi connectivity index (χ0n) is 19.0. The van der Waals surface area contributed by atoms with Crippen LogP contribution in [0.2, 0.25) is 0 Å². The van der Waals surface area contributed by atoms with Crippen molar-refractivity contribution in [1.82, 2.24) is 14.9 Å². The molecular weight excluding hydrogens is 428 g/mol. The van der Waals surface area contributed by atoms with Crippen LogP contribution in [0.25, 0.3) is 17.1 Å². The number of aromatic nitrogens is 2. The number of benzene rings is 3. The minimum atomic E-state index is -0.141. The Labute approximate surface area is 197 Å². The van der Waals surface area contributed by atoms with Gasteiger partial charge in [0.25, 0.3) is 5.91 Å². The highest BCUT2D eigenvalue weighted by atomic mass is 16.5. The molecule has 1 aromatic heterocycles. The summed E-state index contributed by atoms with van der Waals surface area (Å²) in [7, 11) is 3.25. The number of nitrogens with zero attached hydrogens (tertiary/aromatic N) is 3. The van der Waals surface area contributed by atoms with E-state index >= 15 is 0 Å². The van der Waals surface area contributed by atoms with Gasteiger partial charge in [0.15, 0.2) is 0 Å². The third-order valence-electron chi connectivity index (χ3n) is 5.72. The molecule has 1 N–H and O–H groups in total. The van der Waals surface area contributed by atoms with Crippen molar-refractivity contribution in [3.8, 4) is 11.5 Å². The number of rotatable bonds is 7. The first kappa shape index (κ1) is 21.5. The average Bonchev–Trinajstić information content (AvgIpc) is 3.43. The Kier molecular flexibility index (Phi) is 5.82. The van der Waals surface area contributed by atoms with Crippen molar-refractivity contribution in [2.45, 2.75) is 6.42 Å². The summed E-state index contributed by atoms with van der Waals surface area (Å²) in [6, 6.07) is 23.0. The summed E-state index contributed by atoms with van der Waals surface area (Å²) in [4.78, 5) is 27.8. The molecule has 0 spiro atoms. The van der Waals surface area contributed by atoms with Crippen LogP contribution in [0.4, 0.5) is 0 Å². The molecule has 0 aliphatic carbocycles. The lowest BCUT2D eigenvalue weighted by Gasteiger charge is -2.18. The molecule has 0 bridgehead atoms. The lowest BCUT2D eigenvalue weighted by Crippen LogP contribution is -2.34. The Balaban J connectivity index is 1.45. The van der Waals surface area contributed by atoms with E-state index in [1.54, 1.807) is 25.2 Å². The molecule has 0 saturated carbocycles. The fourth-order valence-corrected chi connectivity index (χ4v) is 3.92. The number of aliphatic imine (C=N–C) groups is 1. The number of ether oxygens (including phenoxy) is 2. The van der Waals surface area contributed by atoms with Crippen LogP contribution in [0.15, 0.2) is 83.5 Å². The number of fused-ring (bicyclic) bond motifs is 1. The average molecular weight is 453 g/mol. The van der Waals surface area contributed by atoms with Crippen LogP contribution in [-0.2, 0) is 11.2 Å². The van der Waals surface area contributed by atoms with Crippen LogP contribution in [0.5, 0.6) is 11.5 Å². The van der Waals surface area contributed by atoms with Gasteiger partial charge < -0.3 is 14.5 Å². The second kappa shape index (κ2) is 9.23. The molecule has 1 amide bonds. The van der Waals surface area contributed by atoms with Gasteiger partial charge >= 0.3 is 0 Å². The van der Waals surface area contributed by atoms with Crippen LogP contribution < -0.4 is 9.47 Å². The second-order valence-electron chi connectivity index (χ2n) is 7.87. The van der Waals surface area contributed by atoms with Gasteiger partial charge in [-0.2, -0.15) is 0 Å². The predicted octanol–water partition coefficient (Wildman–Crippen LogP) is 4.45. The summed E-state index contributed by atoms with van der Waals surface area (Å²) in [5, 5.41) is 0. The van der Waals surface area contributed by atoms with Gasteiger partial charge in [0.2, 0.25) is 0 Å². The van der Waals surface area contributed by atoms with Gasteiger partial charge in [0, 0.05) is 18.5 Å². The summed E-state index contributed by atoms with van der Waals surface area (Å²) in [6.45, 7) is 0.448. The predicted molar refractivity (Wildman–Crippen MR) is 132 cm³/mol. The second-order valence-corrected chi connectivity index (χ2v) is 7.87.